The molecule has 0 aliphatic carbocycles. The van der Waals surface area contributed by atoms with E-state index in [0.29, 0.717) is 25.2 Å². The highest BCUT2D eigenvalue weighted by Crippen LogP contribution is 2.16. The molecule has 0 aromatic rings. The van der Waals surface area contributed by atoms with Gasteiger partial charge in [0.25, 0.3) is 0 Å². The predicted molar refractivity (Wildman–Crippen MR) is 201 cm³/mol. The van der Waals surface area contributed by atoms with Gasteiger partial charge in [0.15, 0.2) is 0 Å². The van der Waals surface area contributed by atoms with E-state index in [2.05, 4.69) is 31.0 Å². The van der Waals surface area contributed by atoms with Crippen molar-refractivity contribution in [2.45, 2.75) is 187 Å². The summed E-state index contributed by atoms with van der Waals surface area (Å²) in [4.78, 5) is 38.8. The van der Waals surface area contributed by atoms with Gasteiger partial charge in [0.2, 0.25) is 5.91 Å². The number of ether oxygens (including phenoxy) is 2. The van der Waals surface area contributed by atoms with Gasteiger partial charge in [0.05, 0.1) is 12.4 Å². The van der Waals surface area contributed by atoms with Crippen LogP contribution in [0.5, 0.6) is 0 Å². The molecule has 0 fully saturated rings. The average molecular weight is 685 g/mol. The number of thioether (sulfide) groups is 1. The maximum atomic E-state index is 12.4. The molecule has 0 spiro atoms. The van der Waals surface area contributed by atoms with Crippen LogP contribution < -0.4 is 5.32 Å². The van der Waals surface area contributed by atoms with Crippen LogP contribution in [0.1, 0.15) is 181 Å². The molecule has 0 aliphatic rings. The van der Waals surface area contributed by atoms with E-state index in [9.17, 15) is 14.4 Å². The monoisotopic (exact) mass is 685 g/mol. The first-order valence-electron chi connectivity index (χ1n) is 19.8. The fourth-order valence-corrected chi connectivity index (χ4v) is 6.21. The zero-order chi connectivity index (χ0) is 34.6. The SMILES string of the molecule is CCCCCCCOC(=O)CCCCCCCN(CCCCCCCC(=O)OC(CCCC)CCCCC)CCCNC(=O)CSC. The minimum Gasteiger partial charge on any atom is -0.466 e. The van der Waals surface area contributed by atoms with E-state index in [0.717, 1.165) is 116 Å². The molecule has 0 aromatic carbocycles. The predicted octanol–water partition coefficient (Wildman–Crippen LogP) is 10.0. The van der Waals surface area contributed by atoms with Crippen molar-refractivity contribution in [3.05, 3.63) is 0 Å². The van der Waals surface area contributed by atoms with Crippen LogP contribution in [-0.4, -0.2) is 73.6 Å². The van der Waals surface area contributed by atoms with Crippen molar-refractivity contribution in [3.8, 4) is 0 Å². The van der Waals surface area contributed by atoms with E-state index in [1.807, 2.05) is 6.26 Å². The minimum absolute atomic E-state index is 0.00787. The second kappa shape index (κ2) is 36.0. The van der Waals surface area contributed by atoms with Crippen molar-refractivity contribution in [1.29, 1.82) is 0 Å². The highest BCUT2D eigenvalue weighted by Gasteiger charge is 2.14. The first-order valence-corrected chi connectivity index (χ1v) is 21.2. The van der Waals surface area contributed by atoms with Crippen molar-refractivity contribution in [1.82, 2.24) is 10.2 Å². The largest absolute Gasteiger partial charge is 0.466 e. The Hall–Kier alpha value is -1.28. The van der Waals surface area contributed by atoms with Gasteiger partial charge in [0.1, 0.15) is 6.10 Å². The Morgan fingerprint density at radius 2 is 1.11 bits per heavy atom. The summed E-state index contributed by atoms with van der Waals surface area (Å²) in [5.74, 6) is 0.602. The van der Waals surface area contributed by atoms with Crippen LogP contribution >= 0.6 is 11.8 Å². The van der Waals surface area contributed by atoms with Crippen LogP contribution in [0.2, 0.25) is 0 Å². The van der Waals surface area contributed by atoms with Gasteiger partial charge < -0.3 is 19.7 Å². The lowest BCUT2D eigenvalue weighted by Gasteiger charge is -2.22. The number of hydrogen-bond acceptors (Lipinski definition) is 7. The van der Waals surface area contributed by atoms with Crippen molar-refractivity contribution < 1.29 is 23.9 Å². The molecule has 0 rings (SSSR count). The number of esters is 2. The van der Waals surface area contributed by atoms with E-state index in [4.69, 9.17) is 9.47 Å². The maximum absolute atomic E-state index is 12.4. The number of nitrogens with zero attached hydrogens (tertiary/aromatic N) is 1. The molecule has 7 nitrogen and oxygen atoms in total. The van der Waals surface area contributed by atoms with Crippen LogP contribution in [0.3, 0.4) is 0 Å². The quantitative estimate of drug-likeness (QED) is 0.0519. The molecule has 0 saturated heterocycles. The third-order valence-corrected chi connectivity index (χ3v) is 9.33. The third kappa shape index (κ3) is 33.0. The van der Waals surface area contributed by atoms with Gasteiger partial charge in [0, 0.05) is 19.4 Å². The van der Waals surface area contributed by atoms with Crippen molar-refractivity contribution in [2.24, 2.45) is 0 Å². The Kier molecular flexibility index (Phi) is 35.0. The summed E-state index contributed by atoms with van der Waals surface area (Å²) in [5, 5.41) is 3.03. The number of carbonyl (C=O) groups is 3. The van der Waals surface area contributed by atoms with Crippen LogP contribution in [0.4, 0.5) is 0 Å². The van der Waals surface area contributed by atoms with E-state index < -0.39 is 0 Å². The molecule has 1 atom stereocenters. The van der Waals surface area contributed by atoms with Crippen LogP contribution in [0, 0.1) is 0 Å². The lowest BCUT2D eigenvalue weighted by Crippen LogP contribution is -2.32. The molecular formula is C39H76N2O5S. The van der Waals surface area contributed by atoms with Gasteiger partial charge >= 0.3 is 11.9 Å². The molecule has 1 N–H and O–H groups in total. The Labute approximate surface area is 295 Å². The molecule has 1 unspecified atom stereocenters. The highest BCUT2D eigenvalue weighted by molar-refractivity contribution is 7.99. The summed E-state index contributed by atoms with van der Waals surface area (Å²) in [5.41, 5.74) is 0. The van der Waals surface area contributed by atoms with E-state index >= 15 is 0 Å². The summed E-state index contributed by atoms with van der Waals surface area (Å²) in [6, 6.07) is 0. The molecule has 0 saturated carbocycles. The van der Waals surface area contributed by atoms with Gasteiger partial charge in [-0.05, 0) is 83.7 Å². The highest BCUT2D eigenvalue weighted by atomic mass is 32.2. The van der Waals surface area contributed by atoms with Crippen molar-refractivity contribution in [3.63, 3.8) is 0 Å². The van der Waals surface area contributed by atoms with Crippen LogP contribution in [-0.2, 0) is 23.9 Å². The number of nitrogens with one attached hydrogen (secondary N) is 1. The normalized spacial score (nSPS) is 11.9. The Balaban J connectivity index is 4.20. The fraction of sp³-hybridized carbons (Fsp3) is 0.923. The summed E-state index contributed by atoms with van der Waals surface area (Å²) >= 11 is 1.56. The molecule has 1 amide bonds. The summed E-state index contributed by atoms with van der Waals surface area (Å²) < 4.78 is 11.2. The van der Waals surface area contributed by atoms with Crippen LogP contribution in [0.25, 0.3) is 0 Å². The lowest BCUT2D eigenvalue weighted by atomic mass is 10.1. The average Bonchev–Trinajstić information content (AvgIpc) is 3.05. The summed E-state index contributed by atoms with van der Waals surface area (Å²) in [7, 11) is 0. The second-order valence-electron chi connectivity index (χ2n) is 13.4. The number of unbranched alkanes of at least 4 members (excludes halogenated alkanes) is 15. The minimum atomic E-state index is -0.0370. The smallest absolute Gasteiger partial charge is 0.306 e. The van der Waals surface area contributed by atoms with Gasteiger partial charge in [-0.2, -0.15) is 11.8 Å². The number of amides is 1. The van der Waals surface area contributed by atoms with Gasteiger partial charge in [-0.3, -0.25) is 14.4 Å². The molecular weight excluding hydrogens is 609 g/mol. The van der Waals surface area contributed by atoms with E-state index in [-0.39, 0.29) is 23.9 Å². The number of carbonyl (C=O) groups excluding carboxylic acids is 3. The first-order chi connectivity index (χ1) is 23.0. The van der Waals surface area contributed by atoms with Gasteiger partial charge in [-0.25, -0.2) is 0 Å². The molecule has 0 bridgehead atoms. The zero-order valence-electron chi connectivity index (χ0n) is 31.4. The van der Waals surface area contributed by atoms with Gasteiger partial charge in [-0.15, -0.1) is 0 Å². The van der Waals surface area contributed by atoms with Crippen molar-refractivity contribution >= 4 is 29.6 Å². The summed E-state index contributed by atoms with van der Waals surface area (Å²) in [6.45, 7) is 11.1. The molecule has 8 heteroatoms. The molecule has 0 heterocycles. The molecule has 0 radical (unpaired) electrons. The topological polar surface area (TPSA) is 84.9 Å². The standard InChI is InChI=1S/C39H76N2O5S/c1-5-8-11-18-24-34-45-38(43)28-20-14-12-16-22-31-41(33-25-30-40-37(42)35-47-4)32-23-17-13-15-21-29-39(44)46-36(26-10-7-3)27-19-9-6-2/h36H,5-35H2,1-4H3,(H,40,42). The number of hydrogen-bond donors (Lipinski definition) is 1. The van der Waals surface area contributed by atoms with Crippen molar-refractivity contribution in [2.75, 3.05) is 44.8 Å². The van der Waals surface area contributed by atoms with Gasteiger partial charge in [-0.1, -0.05) is 111 Å². The van der Waals surface area contributed by atoms with E-state index in [1.54, 1.807) is 11.8 Å². The Bertz CT molecular complexity index is 723. The molecule has 278 valence electrons. The molecule has 0 aromatic heterocycles. The molecule has 0 aliphatic heterocycles. The Morgan fingerprint density at radius 1 is 0.596 bits per heavy atom. The lowest BCUT2D eigenvalue weighted by molar-refractivity contribution is -0.150. The summed E-state index contributed by atoms with van der Waals surface area (Å²) in [6.07, 6.45) is 28.9. The molecule has 47 heavy (non-hydrogen) atoms. The van der Waals surface area contributed by atoms with Crippen LogP contribution in [0.15, 0.2) is 0 Å². The first kappa shape index (κ1) is 45.7. The Morgan fingerprint density at radius 3 is 1.74 bits per heavy atom. The fourth-order valence-electron chi connectivity index (χ4n) is 5.84. The third-order valence-electron chi connectivity index (χ3n) is 8.78. The van der Waals surface area contributed by atoms with E-state index in [1.165, 1.54) is 57.8 Å². The zero-order valence-corrected chi connectivity index (χ0v) is 32.2. The number of rotatable bonds is 36. The maximum Gasteiger partial charge on any atom is 0.306 e. The second-order valence-corrected chi connectivity index (χ2v) is 14.3.